The van der Waals surface area contributed by atoms with Crippen molar-refractivity contribution in [2.24, 2.45) is 0 Å². The number of rotatable bonds is 3. The minimum absolute atomic E-state index is 0.917. The number of nitrogens with one attached hydrogen (secondary N) is 2. The third kappa shape index (κ3) is 1.78. The van der Waals surface area contributed by atoms with E-state index in [-0.39, 0.29) is 0 Å². The molecule has 3 nitrogen and oxygen atoms in total. The van der Waals surface area contributed by atoms with Gasteiger partial charge in [-0.15, -0.1) is 0 Å². The Morgan fingerprint density at radius 1 is 1.18 bits per heavy atom. The van der Waals surface area contributed by atoms with Gasteiger partial charge in [0.2, 0.25) is 0 Å². The third-order valence-corrected chi connectivity index (χ3v) is 3.04. The molecule has 17 heavy (non-hydrogen) atoms. The number of benzene rings is 1. The number of pyridine rings is 1. The predicted molar refractivity (Wildman–Crippen MR) is 71.0 cm³/mol. The average Bonchev–Trinajstić information content (AvgIpc) is 2.74. The number of hydrogen-bond acceptors (Lipinski definition) is 2. The summed E-state index contributed by atoms with van der Waals surface area (Å²) in [6.45, 7) is 4.03. The summed E-state index contributed by atoms with van der Waals surface area (Å²) < 4.78 is 0. The first-order valence-corrected chi connectivity index (χ1v) is 5.93. The lowest BCUT2D eigenvalue weighted by Gasteiger charge is -2.01. The summed E-state index contributed by atoms with van der Waals surface area (Å²) in [6.07, 6.45) is 3.73. The highest BCUT2D eigenvalue weighted by Gasteiger charge is 2.04. The van der Waals surface area contributed by atoms with Crippen LogP contribution in [0.1, 0.15) is 12.5 Å². The highest BCUT2D eigenvalue weighted by atomic mass is 14.8. The van der Waals surface area contributed by atoms with Crippen LogP contribution in [-0.4, -0.2) is 16.5 Å². The molecule has 3 aromatic rings. The number of H-pyrrole nitrogens is 1. The fraction of sp³-hybridized carbons (Fsp3) is 0.214. The van der Waals surface area contributed by atoms with Crippen LogP contribution in [0.5, 0.6) is 0 Å². The molecule has 2 aromatic heterocycles. The van der Waals surface area contributed by atoms with E-state index >= 15 is 0 Å². The Morgan fingerprint density at radius 2 is 2.12 bits per heavy atom. The summed E-state index contributed by atoms with van der Waals surface area (Å²) in [5.74, 6) is 0. The molecule has 0 unspecified atom stereocenters. The molecule has 0 aliphatic rings. The van der Waals surface area contributed by atoms with Gasteiger partial charge >= 0.3 is 0 Å². The molecule has 0 saturated carbocycles. The van der Waals surface area contributed by atoms with E-state index in [0.717, 1.165) is 18.6 Å². The van der Waals surface area contributed by atoms with Crippen molar-refractivity contribution >= 4 is 21.8 Å². The number of hydrogen-bond donors (Lipinski definition) is 2. The Labute approximate surface area is 99.9 Å². The monoisotopic (exact) mass is 225 g/mol. The molecule has 0 aliphatic heterocycles. The van der Waals surface area contributed by atoms with Crippen molar-refractivity contribution in [3.8, 4) is 0 Å². The van der Waals surface area contributed by atoms with Crippen molar-refractivity contribution < 1.29 is 0 Å². The fourth-order valence-corrected chi connectivity index (χ4v) is 2.17. The second-order valence-corrected chi connectivity index (χ2v) is 4.21. The molecule has 1 aromatic carbocycles. The van der Waals surface area contributed by atoms with Gasteiger partial charge in [0.25, 0.3) is 0 Å². The fourth-order valence-electron chi connectivity index (χ4n) is 2.17. The first-order chi connectivity index (χ1) is 8.38. The molecule has 0 saturated heterocycles. The molecule has 0 bridgehead atoms. The molecule has 3 rings (SSSR count). The highest BCUT2D eigenvalue weighted by molar-refractivity contribution is 6.06. The van der Waals surface area contributed by atoms with E-state index in [2.05, 4.69) is 40.4 Å². The lowest BCUT2D eigenvalue weighted by atomic mass is 10.1. The van der Waals surface area contributed by atoms with Crippen molar-refractivity contribution in [3.63, 3.8) is 0 Å². The Balaban J connectivity index is 2.13. The summed E-state index contributed by atoms with van der Waals surface area (Å²) in [4.78, 5) is 7.60. The van der Waals surface area contributed by atoms with Gasteiger partial charge in [-0.05, 0) is 24.2 Å². The molecular formula is C14H15N3. The number of nitrogens with zero attached hydrogens (tertiary/aromatic N) is 1. The van der Waals surface area contributed by atoms with Gasteiger partial charge in [-0.1, -0.05) is 19.1 Å². The van der Waals surface area contributed by atoms with Crippen molar-refractivity contribution in [1.82, 2.24) is 15.3 Å². The van der Waals surface area contributed by atoms with Crippen molar-refractivity contribution in [3.05, 3.63) is 42.2 Å². The second-order valence-electron chi connectivity index (χ2n) is 4.21. The molecule has 0 fully saturated rings. The first kappa shape index (κ1) is 10.3. The third-order valence-electron chi connectivity index (χ3n) is 3.04. The maximum Gasteiger partial charge on any atom is 0.0495 e. The van der Waals surface area contributed by atoms with Crippen LogP contribution >= 0.6 is 0 Å². The molecular weight excluding hydrogens is 210 g/mol. The lowest BCUT2D eigenvalue weighted by Crippen LogP contribution is -2.11. The molecule has 0 atom stereocenters. The van der Waals surface area contributed by atoms with E-state index in [9.17, 15) is 0 Å². The maximum atomic E-state index is 4.17. The molecule has 3 heteroatoms. The van der Waals surface area contributed by atoms with Crippen LogP contribution in [0.4, 0.5) is 0 Å². The van der Waals surface area contributed by atoms with Gasteiger partial charge in [0.15, 0.2) is 0 Å². The topological polar surface area (TPSA) is 40.7 Å². The Morgan fingerprint density at radius 3 is 3.00 bits per heavy atom. The number of aromatic nitrogens is 2. The molecule has 2 N–H and O–H groups in total. The smallest absolute Gasteiger partial charge is 0.0495 e. The van der Waals surface area contributed by atoms with E-state index in [0.29, 0.717) is 0 Å². The summed E-state index contributed by atoms with van der Waals surface area (Å²) in [7, 11) is 0. The minimum Gasteiger partial charge on any atom is -0.354 e. The van der Waals surface area contributed by atoms with Crippen LogP contribution in [0.25, 0.3) is 21.8 Å². The predicted octanol–water partition coefficient (Wildman–Crippen LogP) is 2.83. The quantitative estimate of drug-likeness (QED) is 0.719. The zero-order valence-corrected chi connectivity index (χ0v) is 9.83. The van der Waals surface area contributed by atoms with Gasteiger partial charge < -0.3 is 10.3 Å². The number of aromatic amines is 1. The van der Waals surface area contributed by atoms with Gasteiger partial charge in [0.05, 0.1) is 0 Å². The summed E-state index contributed by atoms with van der Waals surface area (Å²) in [5, 5.41) is 5.77. The lowest BCUT2D eigenvalue weighted by molar-refractivity contribution is 0.727. The van der Waals surface area contributed by atoms with Gasteiger partial charge in [0, 0.05) is 40.7 Å². The molecule has 0 aliphatic carbocycles. The van der Waals surface area contributed by atoms with Crippen molar-refractivity contribution in [2.45, 2.75) is 13.5 Å². The van der Waals surface area contributed by atoms with Crippen LogP contribution in [0, 0.1) is 0 Å². The Kier molecular flexibility index (Phi) is 2.53. The summed E-state index contributed by atoms with van der Waals surface area (Å²) in [6, 6.07) is 8.56. The zero-order chi connectivity index (χ0) is 11.7. The van der Waals surface area contributed by atoms with Crippen molar-refractivity contribution in [1.29, 1.82) is 0 Å². The summed E-state index contributed by atoms with van der Waals surface area (Å²) in [5.41, 5.74) is 3.64. The first-order valence-electron chi connectivity index (χ1n) is 5.93. The van der Waals surface area contributed by atoms with Gasteiger partial charge in [-0.3, -0.25) is 4.98 Å². The highest BCUT2D eigenvalue weighted by Crippen LogP contribution is 2.24. The standard InChI is InChI=1S/C14H15N3/c1-2-15-8-10-3-4-11-12-9-16-6-5-13(12)17-14(11)7-10/h3-7,9,15,17H,2,8H2,1H3. The zero-order valence-electron chi connectivity index (χ0n) is 9.83. The molecule has 2 heterocycles. The molecule has 0 radical (unpaired) electrons. The van der Waals surface area contributed by atoms with Crippen LogP contribution in [0.2, 0.25) is 0 Å². The Hall–Kier alpha value is -1.87. The summed E-state index contributed by atoms with van der Waals surface area (Å²) >= 11 is 0. The SMILES string of the molecule is CCNCc1ccc2c(c1)[nH]c1ccncc12. The second kappa shape index (κ2) is 4.18. The van der Waals surface area contributed by atoms with Crippen LogP contribution in [0.15, 0.2) is 36.7 Å². The Bertz CT molecular complexity index is 655. The van der Waals surface area contributed by atoms with Gasteiger partial charge in [-0.2, -0.15) is 0 Å². The van der Waals surface area contributed by atoms with E-state index in [1.807, 2.05) is 18.5 Å². The van der Waals surface area contributed by atoms with Crippen LogP contribution < -0.4 is 5.32 Å². The molecule has 0 spiro atoms. The average molecular weight is 225 g/mol. The van der Waals surface area contributed by atoms with Crippen molar-refractivity contribution in [2.75, 3.05) is 6.54 Å². The maximum absolute atomic E-state index is 4.17. The van der Waals surface area contributed by atoms with Crippen LogP contribution in [0.3, 0.4) is 0 Å². The molecule has 86 valence electrons. The van der Waals surface area contributed by atoms with E-state index in [1.165, 1.54) is 21.9 Å². The number of fused-ring (bicyclic) bond motifs is 3. The van der Waals surface area contributed by atoms with Gasteiger partial charge in [-0.25, -0.2) is 0 Å². The van der Waals surface area contributed by atoms with Crippen LogP contribution in [-0.2, 0) is 6.54 Å². The van der Waals surface area contributed by atoms with E-state index in [1.54, 1.807) is 0 Å². The largest absolute Gasteiger partial charge is 0.354 e. The van der Waals surface area contributed by atoms with E-state index in [4.69, 9.17) is 0 Å². The normalized spacial score (nSPS) is 11.4. The van der Waals surface area contributed by atoms with Gasteiger partial charge in [0.1, 0.15) is 0 Å². The molecule has 0 amide bonds. The van der Waals surface area contributed by atoms with E-state index < -0.39 is 0 Å². The minimum atomic E-state index is 0.917.